The van der Waals surface area contributed by atoms with Crippen LogP contribution in [0.2, 0.25) is 10.0 Å². The number of aryl methyl sites for hydroxylation is 1. The Labute approximate surface area is 245 Å². The third kappa shape index (κ3) is 6.77. The van der Waals surface area contributed by atoms with E-state index in [2.05, 4.69) is 0 Å². The van der Waals surface area contributed by atoms with Gasteiger partial charge in [-0.1, -0.05) is 52.7 Å². The Kier molecular flexibility index (Phi) is 8.13. The monoisotopic (exact) mass is 639 g/mol. The molecule has 0 atom stereocenters. The third-order valence-electron chi connectivity index (χ3n) is 6.19. The van der Waals surface area contributed by atoms with Crippen LogP contribution < -0.4 is 14.2 Å². The third-order valence-corrected chi connectivity index (χ3v) is 9.26. The molecule has 0 unspecified atom stereocenters. The summed E-state index contributed by atoms with van der Waals surface area (Å²) in [5.74, 6) is -0.472. The number of aromatic nitrogens is 1. The van der Waals surface area contributed by atoms with Crippen LogP contribution in [-0.2, 0) is 26.8 Å². The highest BCUT2D eigenvalue weighted by Gasteiger charge is 2.30. The van der Waals surface area contributed by atoms with E-state index in [9.17, 15) is 25.9 Å². The van der Waals surface area contributed by atoms with Crippen LogP contribution in [0.25, 0.3) is 27.4 Å². The first kappa shape index (κ1) is 28.8. The highest BCUT2D eigenvalue weighted by atomic mass is 35.5. The van der Waals surface area contributed by atoms with Crippen LogP contribution in [0.3, 0.4) is 0 Å². The summed E-state index contributed by atoms with van der Waals surface area (Å²) in [5, 5.41) is 1.68. The first-order chi connectivity index (χ1) is 18.9. The molecule has 0 spiro atoms. The molecule has 0 saturated carbocycles. The molecule has 14 heteroatoms. The summed E-state index contributed by atoms with van der Waals surface area (Å²) in [7, 11) is -8.93. The molecule has 210 valence electrons. The number of anilines is 1. The fraction of sp³-hybridized carbons (Fsp3) is 0.192. The first-order valence-corrected chi connectivity index (χ1v) is 16.7. The summed E-state index contributed by atoms with van der Waals surface area (Å²) in [4.78, 5) is 1.56. The van der Waals surface area contributed by atoms with Crippen molar-refractivity contribution in [3.8, 4) is 16.9 Å². The van der Waals surface area contributed by atoms with Gasteiger partial charge in [0.15, 0.2) is 12.3 Å². The van der Waals surface area contributed by atoms with Crippen LogP contribution in [0.4, 0.5) is 5.69 Å². The van der Waals surface area contributed by atoms with Gasteiger partial charge < -0.3 is 18.7 Å². The van der Waals surface area contributed by atoms with Gasteiger partial charge in [-0.05, 0) is 47.5 Å². The molecular formula is C26H21Cl2N2O7S3-. The van der Waals surface area contributed by atoms with Crippen LogP contribution in [0, 0.1) is 0 Å². The van der Waals surface area contributed by atoms with Crippen LogP contribution in [0.5, 0.6) is 5.75 Å². The Hall–Kier alpha value is -2.71. The maximum Gasteiger partial charge on any atom is 0.268 e. The Morgan fingerprint density at radius 3 is 2.25 bits per heavy atom. The van der Waals surface area contributed by atoms with Gasteiger partial charge in [-0.2, -0.15) is 4.57 Å². The molecule has 0 fully saturated rings. The Morgan fingerprint density at radius 1 is 0.875 bits per heavy atom. The highest BCUT2D eigenvalue weighted by Crippen LogP contribution is 2.41. The van der Waals surface area contributed by atoms with E-state index in [1.54, 1.807) is 41.3 Å². The molecule has 0 bridgehead atoms. The number of thiazole rings is 1. The standard InChI is InChI=1S/C26H22Cl2N2O7S3/c27-19-5-2-17(3-6-19)18-4-9-24-22(14-18)30(10-1-12-39(31,32)33)26(38-24)16-25-29(11-13-40(34,35)36)21-15-20(28)7-8-23(21)37-25/h2-9,14-16H,1,10-13H2,(H-,31,32,33,34,35,36)/p-1. The zero-order valence-electron chi connectivity index (χ0n) is 20.6. The molecule has 1 aliphatic heterocycles. The van der Waals surface area contributed by atoms with Crippen LogP contribution >= 0.6 is 34.5 Å². The lowest BCUT2D eigenvalue weighted by molar-refractivity contribution is -0.668. The fourth-order valence-electron chi connectivity index (χ4n) is 4.38. The Bertz CT molecular complexity index is 1840. The molecule has 0 radical (unpaired) electrons. The number of hydrogen-bond acceptors (Lipinski definition) is 9. The van der Waals surface area contributed by atoms with Gasteiger partial charge in [0.2, 0.25) is 11.4 Å². The van der Waals surface area contributed by atoms with Crippen molar-refractivity contribution in [3.63, 3.8) is 0 Å². The van der Waals surface area contributed by atoms with Crippen molar-refractivity contribution in [3.05, 3.63) is 81.6 Å². The maximum absolute atomic E-state index is 11.4. The van der Waals surface area contributed by atoms with Crippen molar-refractivity contribution in [2.45, 2.75) is 13.0 Å². The second-order valence-electron chi connectivity index (χ2n) is 9.01. The number of halogens is 2. The van der Waals surface area contributed by atoms with Crippen molar-refractivity contribution in [1.29, 1.82) is 0 Å². The van der Waals surface area contributed by atoms with Gasteiger partial charge in [0, 0.05) is 34.8 Å². The van der Waals surface area contributed by atoms with E-state index in [4.69, 9.17) is 27.9 Å². The van der Waals surface area contributed by atoms with Gasteiger partial charge in [0.25, 0.3) is 5.01 Å². The number of rotatable bonds is 9. The van der Waals surface area contributed by atoms with Gasteiger partial charge in [0.1, 0.15) is 4.70 Å². The number of fused-ring (bicyclic) bond motifs is 2. The predicted octanol–water partition coefficient (Wildman–Crippen LogP) is 4.84. The minimum absolute atomic E-state index is 0.0819. The number of nitrogens with zero attached hydrogens (tertiary/aromatic N) is 2. The first-order valence-electron chi connectivity index (χ1n) is 11.9. The summed E-state index contributed by atoms with van der Waals surface area (Å²) in [5.41, 5.74) is 3.16. The summed E-state index contributed by atoms with van der Waals surface area (Å²) < 4.78 is 77.0. The second kappa shape index (κ2) is 11.3. The summed E-state index contributed by atoms with van der Waals surface area (Å²) in [6, 6.07) is 18.1. The van der Waals surface area contributed by atoms with Crippen molar-refractivity contribution in [2.75, 3.05) is 23.0 Å². The van der Waals surface area contributed by atoms with E-state index < -0.39 is 31.7 Å². The van der Waals surface area contributed by atoms with E-state index in [1.807, 2.05) is 34.9 Å². The number of ether oxygens (including phenoxy) is 1. The maximum atomic E-state index is 11.4. The van der Waals surface area contributed by atoms with E-state index in [1.165, 1.54) is 11.3 Å². The fourth-order valence-corrected chi connectivity index (χ4v) is 6.66. The van der Waals surface area contributed by atoms with E-state index in [0.29, 0.717) is 26.5 Å². The summed E-state index contributed by atoms with van der Waals surface area (Å²) >= 11 is 13.6. The predicted molar refractivity (Wildman–Crippen MR) is 154 cm³/mol. The zero-order chi connectivity index (χ0) is 28.7. The van der Waals surface area contributed by atoms with E-state index >= 15 is 0 Å². The minimum atomic E-state index is -4.51. The molecule has 3 aromatic carbocycles. The molecule has 1 aliphatic rings. The molecule has 0 aliphatic carbocycles. The van der Waals surface area contributed by atoms with Gasteiger partial charge in [-0.3, -0.25) is 0 Å². The second-order valence-corrected chi connectivity index (χ2v) is 14.0. The lowest BCUT2D eigenvalue weighted by atomic mass is 10.1. The molecule has 0 saturated heterocycles. The van der Waals surface area contributed by atoms with Gasteiger partial charge in [-0.25, -0.2) is 16.8 Å². The van der Waals surface area contributed by atoms with Gasteiger partial charge in [-0.15, -0.1) is 0 Å². The number of benzene rings is 3. The molecule has 1 aromatic heterocycles. The number of hydrogen-bond donors (Lipinski definition) is 0. The van der Waals surface area contributed by atoms with Crippen LogP contribution in [-0.4, -0.2) is 44.0 Å². The molecule has 5 rings (SSSR count). The topological polar surface area (TPSA) is 131 Å². The lowest BCUT2D eigenvalue weighted by Crippen LogP contribution is -2.36. The van der Waals surface area contributed by atoms with Crippen LogP contribution in [0.1, 0.15) is 11.4 Å². The minimum Gasteiger partial charge on any atom is -0.748 e. The molecule has 9 nitrogen and oxygen atoms in total. The van der Waals surface area contributed by atoms with Gasteiger partial charge >= 0.3 is 0 Å². The average Bonchev–Trinajstić information content (AvgIpc) is 3.38. The van der Waals surface area contributed by atoms with Crippen LogP contribution in [0.15, 0.2) is 66.5 Å². The van der Waals surface area contributed by atoms with Gasteiger partial charge in [0.05, 0.1) is 37.8 Å². The average molecular weight is 641 g/mol. The SMILES string of the molecule is O=S(=O)([O-])CCC[n+]1c(/C=C2\Oc3ccc(Cl)cc3N2CCS(=O)(=O)[O-])sc2ccc(-c3ccc(Cl)cc3)cc21. The quantitative estimate of drug-likeness (QED) is 0.188. The zero-order valence-corrected chi connectivity index (χ0v) is 24.6. The highest BCUT2D eigenvalue weighted by molar-refractivity contribution is 7.85. The molecule has 40 heavy (non-hydrogen) atoms. The van der Waals surface area contributed by atoms with E-state index in [0.717, 1.165) is 21.3 Å². The van der Waals surface area contributed by atoms with Crippen molar-refractivity contribution in [2.24, 2.45) is 0 Å². The summed E-state index contributed by atoms with van der Waals surface area (Å²) in [6.07, 6.45) is 1.78. The lowest BCUT2D eigenvalue weighted by Gasteiger charge is -2.19. The molecule has 0 amide bonds. The van der Waals surface area contributed by atoms with Crippen molar-refractivity contribution < 1.29 is 35.2 Å². The molecule has 2 heterocycles. The summed E-state index contributed by atoms with van der Waals surface area (Å²) in [6.45, 7) is 0.0589. The normalized spacial score (nSPS) is 14.6. The largest absolute Gasteiger partial charge is 0.748 e. The molecule has 4 aromatic rings. The Morgan fingerprint density at radius 2 is 1.55 bits per heavy atom. The Balaban J connectivity index is 1.60. The molecular weight excluding hydrogens is 619 g/mol. The van der Waals surface area contributed by atoms with Crippen molar-refractivity contribution in [1.82, 2.24) is 0 Å². The van der Waals surface area contributed by atoms with E-state index in [-0.39, 0.29) is 25.4 Å². The smallest absolute Gasteiger partial charge is 0.268 e. The molecule has 0 N–H and O–H groups in total. The van der Waals surface area contributed by atoms with Crippen molar-refractivity contribution >= 4 is 76.8 Å².